The second kappa shape index (κ2) is 4.70. The monoisotopic (exact) mass is 267 g/mol. The van der Waals surface area contributed by atoms with Crippen LogP contribution in [0.4, 0.5) is 0 Å². The maximum Gasteiger partial charge on any atom is 0.326 e. The average Bonchev–Trinajstić information content (AvgIpc) is 2.81. The average molecular weight is 267 g/mol. The van der Waals surface area contributed by atoms with Crippen molar-refractivity contribution in [2.75, 3.05) is 6.54 Å². The minimum absolute atomic E-state index is 0.0406. The van der Waals surface area contributed by atoms with Crippen LogP contribution in [-0.4, -0.2) is 45.7 Å². The molecule has 0 bridgehead atoms. The number of amides is 1. The number of hydrogen-bond donors (Lipinski definition) is 2. The molecule has 0 saturated carbocycles. The van der Waals surface area contributed by atoms with Gasteiger partial charge in [-0.15, -0.1) is 0 Å². The predicted octanol–water partition coefficient (Wildman–Crippen LogP) is 0.865. The van der Waals surface area contributed by atoms with E-state index in [1.165, 1.54) is 4.90 Å². The summed E-state index contributed by atoms with van der Waals surface area (Å²) in [4.78, 5) is 24.8. The van der Waals surface area contributed by atoms with E-state index in [-0.39, 0.29) is 13.0 Å². The van der Waals surface area contributed by atoms with Crippen LogP contribution in [0.5, 0.6) is 0 Å². The number of β-amino-alcohol motifs (C(OH)–C–C–N with tert-alkyl or cyclic N) is 1. The van der Waals surface area contributed by atoms with Gasteiger partial charge in [0.15, 0.2) is 0 Å². The van der Waals surface area contributed by atoms with E-state index in [2.05, 4.69) is 0 Å². The van der Waals surface area contributed by atoms with Crippen molar-refractivity contribution >= 4 is 11.9 Å². The number of hydrogen-bond acceptors (Lipinski definition) is 4. The van der Waals surface area contributed by atoms with Gasteiger partial charge in [0.2, 0.25) is 0 Å². The first-order valence-electron chi connectivity index (χ1n) is 6.11. The number of carbonyl (C=O) groups is 2. The fraction of sp³-hybridized carbons (Fsp3) is 0.538. The molecule has 1 amide bonds. The number of rotatable bonds is 2. The number of carboxylic acid groups (broad SMARTS) is 1. The van der Waals surface area contributed by atoms with Gasteiger partial charge in [0.25, 0.3) is 5.91 Å². The van der Waals surface area contributed by atoms with Gasteiger partial charge in [-0.05, 0) is 20.8 Å². The zero-order chi connectivity index (χ0) is 14.3. The highest BCUT2D eigenvalue weighted by atomic mass is 16.4. The summed E-state index contributed by atoms with van der Waals surface area (Å²) in [6.45, 7) is 5.24. The standard InChI is InChI=1S/C13H17NO5/c1-6-7(2)19-8(3)11(6)12(16)14-5-9(15)4-10(14)13(17)18/h9-10,15H,4-5H2,1-3H3,(H,17,18)/t9-,10+/m1/s1. The number of nitrogens with zero attached hydrogens (tertiary/aromatic N) is 1. The number of aryl methyl sites for hydroxylation is 2. The smallest absolute Gasteiger partial charge is 0.326 e. The van der Waals surface area contributed by atoms with E-state index in [0.29, 0.717) is 22.6 Å². The number of carbonyl (C=O) groups excluding carboxylic acids is 1. The van der Waals surface area contributed by atoms with E-state index in [9.17, 15) is 14.7 Å². The molecule has 19 heavy (non-hydrogen) atoms. The van der Waals surface area contributed by atoms with E-state index < -0.39 is 24.0 Å². The molecule has 1 fully saturated rings. The Hall–Kier alpha value is -1.82. The Morgan fingerprint density at radius 3 is 2.37 bits per heavy atom. The zero-order valence-corrected chi connectivity index (χ0v) is 11.1. The molecule has 104 valence electrons. The molecule has 0 aliphatic carbocycles. The largest absolute Gasteiger partial charge is 0.480 e. The maximum atomic E-state index is 12.5. The van der Waals surface area contributed by atoms with Gasteiger partial charge in [0.05, 0.1) is 11.7 Å². The molecule has 1 aromatic rings. The second-order valence-corrected chi connectivity index (χ2v) is 4.92. The van der Waals surface area contributed by atoms with Crippen molar-refractivity contribution < 1.29 is 24.2 Å². The zero-order valence-electron chi connectivity index (χ0n) is 11.1. The highest BCUT2D eigenvalue weighted by Crippen LogP contribution is 2.26. The number of aliphatic hydroxyl groups excluding tert-OH is 1. The minimum Gasteiger partial charge on any atom is -0.480 e. The van der Waals surface area contributed by atoms with E-state index >= 15 is 0 Å². The summed E-state index contributed by atoms with van der Waals surface area (Å²) < 4.78 is 5.39. The molecule has 6 heteroatoms. The lowest BCUT2D eigenvalue weighted by atomic mass is 10.1. The molecule has 0 aromatic carbocycles. The van der Waals surface area contributed by atoms with E-state index in [1.807, 2.05) is 0 Å². The first-order valence-corrected chi connectivity index (χ1v) is 6.11. The number of furan rings is 1. The number of aliphatic hydroxyl groups is 1. The molecule has 2 rings (SSSR count). The Bertz CT molecular complexity index is 533. The second-order valence-electron chi connectivity index (χ2n) is 4.92. The molecule has 1 aliphatic rings. The fourth-order valence-electron chi connectivity index (χ4n) is 2.52. The van der Waals surface area contributed by atoms with Gasteiger partial charge in [-0.3, -0.25) is 4.79 Å². The number of carboxylic acids is 1. The van der Waals surface area contributed by atoms with Crippen LogP contribution in [-0.2, 0) is 4.79 Å². The molecule has 0 radical (unpaired) electrons. The van der Waals surface area contributed by atoms with Gasteiger partial charge in [-0.2, -0.15) is 0 Å². The lowest BCUT2D eigenvalue weighted by Gasteiger charge is -2.21. The van der Waals surface area contributed by atoms with E-state index in [0.717, 1.165) is 0 Å². The van der Waals surface area contributed by atoms with Crippen LogP contribution < -0.4 is 0 Å². The van der Waals surface area contributed by atoms with Crippen molar-refractivity contribution in [1.29, 1.82) is 0 Å². The van der Waals surface area contributed by atoms with Crippen LogP contribution in [0, 0.1) is 20.8 Å². The summed E-state index contributed by atoms with van der Waals surface area (Å²) in [7, 11) is 0. The van der Waals surface area contributed by atoms with Crippen LogP contribution >= 0.6 is 0 Å². The molecule has 2 atom stereocenters. The number of likely N-dealkylation sites (tertiary alicyclic amines) is 1. The molecule has 1 saturated heterocycles. The molecular formula is C13H17NO5. The first-order chi connectivity index (χ1) is 8.82. The van der Waals surface area contributed by atoms with Gasteiger partial charge in [-0.1, -0.05) is 0 Å². The van der Waals surface area contributed by atoms with Crippen LogP contribution in [0.25, 0.3) is 0 Å². The van der Waals surface area contributed by atoms with Gasteiger partial charge in [-0.25, -0.2) is 4.79 Å². The Balaban J connectivity index is 2.36. The van der Waals surface area contributed by atoms with Crippen molar-refractivity contribution in [3.63, 3.8) is 0 Å². The van der Waals surface area contributed by atoms with Gasteiger partial charge in [0.1, 0.15) is 17.6 Å². The Labute approximate surface area is 110 Å². The summed E-state index contributed by atoms with van der Waals surface area (Å²) in [5.41, 5.74) is 1.12. The molecule has 1 aromatic heterocycles. The quantitative estimate of drug-likeness (QED) is 0.829. The van der Waals surface area contributed by atoms with Crippen molar-refractivity contribution in [1.82, 2.24) is 4.90 Å². The maximum absolute atomic E-state index is 12.5. The summed E-state index contributed by atoms with van der Waals surface area (Å²) >= 11 is 0. The van der Waals surface area contributed by atoms with E-state index in [4.69, 9.17) is 9.52 Å². The molecule has 1 aliphatic heterocycles. The molecule has 0 spiro atoms. The van der Waals surface area contributed by atoms with Crippen molar-refractivity contribution in [2.45, 2.75) is 39.3 Å². The summed E-state index contributed by atoms with van der Waals surface area (Å²) in [6, 6.07) is -0.975. The predicted molar refractivity (Wildman–Crippen MR) is 66.0 cm³/mol. The third kappa shape index (κ3) is 2.23. The van der Waals surface area contributed by atoms with Crippen LogP contribution in [0.15, 0.2) is 4.42 Å². The van der Waals surface area contributed by atoms with Crippen molar-refractivity contribution in [2.24, 2.45) is 0 Å². The summed E-state index contributed by atoms with van der Waals surface area (Å²) in [5, 5.41) is 18.7. The minimum atomic E-state index is -1.10. The SMILES string of the molecule is Cc1oc(C)c(C(=O)N2C[C@H](O)C[C@H]2C(=O)O)c1C. The third-order valence-corrected chi connectivity index (χ3v) is 3.60. The van der Waals surface area contributed by atoms with Crippen LogP contribution in [0.2, 0.25) is 0 Å². The Morgan fingerprint density at radius 2 is 1.89 bits per heavy atom. The third-order valence-electron chi connectivity index (χ3n) is 3.60. The van der Waals surface area contributed by atoms with E-state index in [1.54, 1.807) is 20.8 Å². The van der Waals surface area contributed by atoms with Crippen molar-refractivity contribution in [3.05, 3.63) is 22.6 Å². The molecule has 6 nitrogen and oxygen atoms in total. The molecule has 0 unspecified atom stereocenters. The highest BCUT2D eigenvalue weighted by molar-refractivity contribution is 5.99. The first kappa shape index (κ1) is 13.6. The molecule has 2 heterocycles. The Kier molecular flexibility index (Phi) is 3.36. The lowest BCUT2D eigenvalue weighted by Crippen LogP contribution is -2.40. The normalized spacial score (nSPS) is 22.8. The van der Waals surface area contributed by atoms with Crippen molar-refractivity contribution in [3.8, 4) is 0 Å². The highest BCUT2D eigenvalue weighted by Gasteiger charge is 2.40. The van der Waals surface area contributed by atoms with Crippen LogP contribution in [0.3, 0.4) is 0 Å². The van der Waals surface area contributed by atoms with Crippen LogP contribution in [0.1, 0.15) is 33.9 Å². The topological polar surface area (TPSA) is 91.0 Å². The Morgan fingerprint density at radius 1 is 1.26 bits per heavy atom. The molecule has 2 N–H and O–H groups in total. The molecular weight excluding hydrogens is 250 g/mol. The van der Waals surface area contributed by atoms with Gasteiger partial charge >= 0.3 is 5.97 Å². The van der Waals surface area contributed by atoms with Gasteiger partial charge in [0, 0.05) is 18.5 Å². The number of aliphatic carboxylic acids is 1. The fourth-order valence-corrected chi connectivity index (χ4v) is 2.52. The summed E-state index contributed by atoms with van der Waals surface area (Å²) in [6.07, 6.45) is -0.727. The van der Waals surface area contributed by atoms with Gasteiger partial charge < -0.3 is 19.5 Å². The summed E-state index contributed by atoms with van der Waals surface area (Å²) in [5.74, 6) is -0.366. The lowest BCUT2D eigenvalue weighted by molar-refractivity contribution is -0.141.